The number of benzene rings is 1. The van der Waals surface area contributed by atoms with E-state index in [-0.39, 0.29) is 5.78 Å². The van der Waals surface area contributed by atoms with E-state index in [1.807, 2.05) is 47.3 Å². The van der Waals surface area contributed by atoms with Gasteiger partial charge in [0, 0.05) is 12.2 Å². The largest absolute Gasteiger partial charge is 0.321 e. The summed E-state index contributed by atoms with van der Waals surface area (Å²) >= 11 is 0. The molecule has 0 aliphatic carbocycles. The summed E-state index contributed by atoms with van der Waals surface area (Å²) in [4.78, 5) is 12.2. The number of hydrogen-bond donors (Lipinski definition) is 1. The number of nitrogens with two attached hydrogens (primary N) is 1. The van der Waals surface area contributed by atoms with Crippen LogP contribution in [-0.2, 0) is 17.6 Å². The van der Waals surface area contributed by atoms with Crippen LogP contribution in [0.3, 0.4) is 0 Å². The van der Waals surface area contributed by atoms with Gasteiger partial charge in [0.25, 0.3) is 0 Å². The number of ketones is 1. The highest BCUT2D eigenvalue weighted by Crippen LogP contribution is 2.10. The summed E-state index contributed by atoms with van der Waals surface area (Å²) in [6.45, 7) is 4.23. The number of hydrogen-bond acceptors (Lipinski definition) is 3. The Morgan fingerprint density at radius 1 is 1.29 bits per heavy atom. The van der Waals surface area contributed by atoms with Gasteiger partial charge in [-0.25, -0.2) is 0 Å². The maximum absolute atomic E-state index is 12.2. The minimum atomic E-state index is -0.471. The van der Waals surface area contributed by atoms with Crippen molar-refractivity contribution >= 4 is 5.78 Å². The smallest absolute Gasteiger partial charge is 0.155 e. The molecule has 0 fully saturated rings. The molecule has 0 bridgehead atoms. The Hall–Kier alpha value is -1.94. The molecule has 21 heavy (non-hydrogen) atoms. The number of rotatable bonds is 7. The molecule has 2 N–H and O–H groups in total. The van der Waals surface area contributed by atoms with Crippen LogP contribution >= 0.6 is 0 Å². The van der Waals surface area contributed by atoms with Crippen molar-refractivity contribution in [1.29, 1.82) is 0 Å². The van der Waals surface area contributed by atoms with E-state index in [1.165, 1.54) is 0 Å². The van der Waals surface area contributed by atoms with E-state index in [1.54, 1.807) is 0 Å². The van der Waals surface area contributed by atoms with Gasteiger partial charge in [0.05, 0.1) is 18.2 Å². The molecule has 0 saturated carbocycles. The third-order valence-corrected chi connectivity index (χ3v) is 3.77. The predicted octanol–water partition coefficient (Wildman–Crippen LogP) is 2.54. The zero-order valence-electron chi connectivity index (χ0n) is 12.7. The summed E-state index contributed by atoms with van der Waals surface area (Å²) in [7, 11) is 0. The van der Waals surface area contributed by atoms with Crippen LogP contribution in [0.25, 0.3) is 0 Å². The average Bonchev–Trinajstić information content (AvgIpc) is 2.96. The first-order valence-corrected chi connectivity index (χ1v) is 7.46. The maximum atomic E-state index is 12.2. The molecular formula is C17H23N3O. The zero-order chi connectivity index (χ0) is 15.2. The minimum absolute atomic E-state index is 0.0354. The van der Waals surface area contributed by atoms with Gasteiger partial charge in [0.2, 0.25) is 0 Å². The molecule has 1 aromatic heterocycles. The quantitative estimate of drug-likeness (QED) is 0.850. The number of carbonyl (C=O) groups is 1. The molecule has 2 rings (SSSR count). The first-order valence-electron chi connectivity index (χ1n) is 7.46. The molecule has 2 unspecified atom stereocenters. The molecule has 1 aromatic carbocycles. The van der Waals surface area contributed by atoms with Crippen molar-refractivity contribution in [3.05, 3.63) is 53.9 Å². The van der Waals surface area contributed by atoms with Crippen LogP contribution in [0, 0.1) is 0 Å². The van der Waals surface area contributed by atoms with E-state index in [2.05, 4.69) is 18.9 Å². The first-order chi connectivity index (χ1) is 10.1. The van der Waals surface area contributed by atoms with Crippen LogP contribution in [0.1, 0.15) is 37.6 Å². The Morgan fingerprint density at radius 2 is 2.00 bits per heavy atom. The minimum Gasteiger partial charge on any atom is -0.321 e. The third kappa shape index (κ3) is 4.26. The van der Waals surface area contributed by atoms with Crippen molar-refractivity contribution in [3.63, 3.8) is 0 Å². The van der Waals surface area contributed by atoms with Gasteiger partial charge in [-0.05, 0) is 31.4 Å². The summed E-state index contributed by atoms with van der Waals surface area (Å²) in [6.07, 6.45) is 3.82. The highest BCUT2D eigenvalue weighted by atomic mass is 16.1. The summed E-state index contributed by atoms with van der Waals surface area (Å²) < 4.78 is 1.91. The van der Waals surface area contributed by atoms with E-state index in [0.717, 1.165) is 17.7 Å². The van der Waals surface area contributed by atoms with Gasteiger partial charge in [-0.15, -0.1) is 0 Å². The van der Waals surface area contributed by atoms with Crippen molar-refractivity contribution in [2.24, 2.45) is 5.73 Å². The van der Waals surface area contributed by atoms with Crippen LogP contribution in [0.4, 0.5) is 0 Å². The predicted molar refractivity (Wildman–Crippen MR) is 84.1 cm³/mol. The van der Waals surface area contributed by atoms with Gasteiger partial charge >= 0.3 is 0 Å². The average molecular weight is 285 g/mol. The molecule has 0 spiro atoms. The van der Waals surface area contributed by atoms with Crippen molar-refractivity contribution < 1.29 is 4.79 Å². The van der Waals surface area contributed by atoms with E-state index < -0.39 is 6.04 Å². The molecule has 2 atom stereocenters. The summed E-state index contributed by atoms with van der Waals surface area (Å²) in [5.41, 5.74) is 7.89. The van der Waals surface area contributed by atoms with Gasteiger partial charge in [0.1, 0.15) is 0 Å². The molecule has 0 aliphatic rings. The molecule has 112 valence electrons. The second kappa shape index (κ2) is 7.18. The Kier molecular flexibility index (Phi) is 5.28. The molecule has 0 saturated heterocycles. The fourth-order valence-corrected chi connectivity index (χ4v) is 2.20. The second-order valence-corrected chi connectivity index (χ2v) is 5.48. The molecule has 4 nitrogen and oxygen atoms in total. The van der Waals surface area contributed by atoms with Crippen molar-refractivity contribution in [2.45, 2.75) is 45.2 Å². The van der Waals surface area contributed by atoms with E-state index in [0.29, 0.717) is 18.9 Å². The lowest BCUT2D eigenvalue weighted by Crippen LogP contribution is -2.34. The summed E-state index contributed by atoms with van der Waals surface area (Å²) in [5.74, 6) is 0.0354. The van der Waals surface area contributed by atoms with Crippen LogP contribution in [-0.4, -0.2) is 21.6 Å². The molecule has 0 aliphatic heterocycles. The lowest BCUT2D eigenvalue weighted by atomic mass is 10.0. The Bertz CT molecular complexity index is 577. The maximum Gasteiger partial charge on any atom is 0.155 e. The summed E-state index contributed by atoms with van der Waals surface area (Å²) in [6, 6.07) is 11.6. The van der Waals surface area contributed by atoms with E-state index >= 15 is 0 Å². The van der Waals surface area contributed by atoms with Gasteiger partial charge < -0.3 is 5.73 Å². The molecule has 1 heterocycles. The van der Waals surface area contributed by atoms with E-state index in [9.17, 15) is 4.79 Å². The molecule has 4 heteroatoms. The number of nitrogens with zero attached hydrogens (tertiary/aromatic N) is 2. The van der Waals surface area contributed by atoms with E-state index in [4.69, 9.17) is 5.73 Å². The first kappa shape index (κ1) is 15.4. The van der Waals surface area contributed by atoms with Gasteiger partial charge in [-0.1, -0.05) is 37.3 Å². The monoisotopic (exact) mass is 285 g/mol. The van der Waals surface area contributed by atoms with Crippen LogP contribution in [0.5, 0.6) is 0 Å². The normalized spacial score (nSPS) is 13.9. The summed E-state index contributed by atoms with van der Waals surface area (Å²) in [5, 5.41) is 4.45. The van der Waals surface area contributed by atoms with Gasteiger partial charge in [0.15, 0.2) is 5.78 Å². The SMILES string of the molecule is CCC(C)n1ccc(CC(=O)C(N)Cc2ccccc2)n1. The molecule has 2 aromatic rings. The number of Topliss-reactive ketones (excluding diaryl/α,β-unsaturated/α-hetero) is 1. The lowest BCUT2D eigenvalue weighted by molar-refractivity contribution is -0.119. The van der Waals surface area contributed by atoms with Crippen LogP contribution in [0.15, 0.2) is 42.6 Å². The number of carbonyl (C=O) groups excluding carboxylic acids is 1. The Morgan fingerprint density at radius 3 is 2.67 bits per heavy atom. The molecule has 0 amide bonds. The molecular weight excluding hydrogens is 262 g/mol. The standard InChI is InChI=1S/C17H23N3O/c1-3-13(2)20-10-9-15(19-20)12-17(21)16(18)11-14-7-5-4-6-8-14/h4-10,13,16H,3,11-12,18H2,1-2H3. The highest BCUT2D eigenvalue weighted by Gasteiger charge is 2.16. The van der Waals surface area contributed by atoms with Crippen LogP contribution < -0.4 is 5.73 Å². The molecule has 0 radical (unpaired) electrons. The second-order valence-electron chi connectivity index (χ2n) is 5.48. The third-order valence-electron chi connectivity index (χ3n) is 3.77. The van der Waals surface area contributed by atoms with Crippen molar-refractivity contribution in [2.75, 3.05) is 0 Å². The van der Waals surface area contributed by atoms with Crippen molar-refractivity contribution in [1.82, 2.24) is 9.78 Å². The highest BCUT2D eigenvalue weighted by molar-refractivity contribution is 5.85. The lowest BCUT2D eigenvalue weighted by Gasteiger charge is -2.10. The fourth-order valence-electron chi connectivity index (χ4n) is 2.20. The Balaban J connectivity index is 1.93. The van der Waals surface area contributed by atoms with Gasteiger partial charge in [-0.2, -0.15) is 5.10 Å². The fraction of sp³-hybridized carbons (Fsp3) is 0.412. The zero-order valence-corrected chi connectivity index (χ0v) is 12.7. The Labute approximate surface area is 126 Å². The number of aromatic nitrogens is 2. The van der Waals surface area contributed by atoms with Gasteiger partial charge in [-0.3, -0.25) is 9.48 Å². The van der Waals surface area contributed by atoms with Crippen LogP contribution in [0.2, 0.25) is 0 Å². The topological polar surface area (TPSA) is 60.9 Å². The van der Waals surface area contributed by atoms with Crippen molar-refractivity contribution in [3.8, 4) is 0 Å².